The standard InChI is InChI=1S/C21H19ClF4N4O4S/c22-12-7-13(23)14-8-27-20(31)30-9-21(25,26)18(29-35(32,33)11-4-5-11)15(30)6-10-2-1-3-16(17(10)24)34-19(12)28-14/h1-3,7,11,15,18,29H,4-6,8-9H2,(H,27,31)/t15-,18+/m0/s1. The SMILES string of the molecule is O=C1NCc2nc(c(Cl)cc2F)Oc2cccc(c2F)C[C@H]2[C@@H](NS(=O)(=O)C3CC3)C(F)(F)CN12. The fourth-order valence-corrected chi connectivity index (χ4v) is 6.04. The van der Waals surface area contributed by atoms with E-state index in [1.807, 2.05) is 0 Å². The molecule has 0 spiro atoms. The zero-order valence-corrected chi connectivity index (χ0v) is 19.5. The second-order valence-electron chi connectivity index (χ2n) is 8.69. The van der Waals surface area contributed by atoms with Crippen LogP contribution in [0.5, 0.6) is 11.6 Å². The maximum atomic E-state index is 15.3. The Labute approximate surface area is 202 Å². The number of hydrogen-bond donors (Lipinski definition) is 2. The molecule has 2 fully saturated rings. The summed E-state index contributed by atoms with van der Waals surface area (Å²) < 4.78 is 92.4. The third-order valence-electron chi connectivity index (χ3n) is 6.19. The quantitative estimate of drug-likeness (QED) is 0.588. The molecule has 2 atom stereocenters. The van der Waals surface area contributed by atoms with Gasteiger partial charge < -0.3 is 15.0 Å². The molecule has 3 heterocycles. The Morgan fingerprint density at radius 3 is 2.71 bits per heavy atom. The Balaban J connectivity index is 1.59. The van der Waals surface area contributed by atoms with Crippen molar-refractivity contribution in [2.24, 2.45) is 0 Å². The van der Waals surface area contributed by atoms with Crippen molar-refractivity contribution in [3.63, 3.8) is 0 Å². The van der Waals surface area contributed by atoms with Crippen LogP contribution in [0.25, 0.3) is 0 Å². The van der Waals surface area contributed by atoms with Crippen molar-refractivity contribution in [1.82, 2.24) is 19.9 Å². The third kappa shape index (κ3) is 4.52. The number of nitrogens with zero attached hydrogens (tertiary/aromatic N) is 2. The van der Waals surface area contributed by atoms with E-state index < -0.39 is 70.5 Å². The van der Waals surface area contributed by atoms with Crippen molar-refractivity contribution in [3.8, 4) is 11.6 Å². The molecule has 188 valence electrons. The van der Waals surface area contributed by atoms with E-state index in [0.717, 1.165) is 11.0 Å². The lowest BCUT2D eigenvalue weighted by Gasteiger charge is -2.28. The first-order valence-corrected chi connectivity index (χ1v) is 12.6. The summed E-state index contributed by atoms with van der Waals surface area (Å²) >= 11 is 5.98. The van der Waals surface area contributed by atoms with Crippen LogP contribution >= 0.6 is 11.6 Å². The van der Waals surface area contributed by atoms with Crippen LogP contribution < -0.4 is 14.8 Å². The van der Waals surface area contributed by atoms with Crippen molar-refractivity contribution in [3.05, 3.63) is 52.2 Å². The molecule has 1 aromatic heterocycles. The average molecular weight is 535 g/mol. The topological polar surface area (TPSA) is 101 Å². The smallest absolute Gasteiger partial charge is 0.318 e. The molecule has 0 radical (unpaired) electrons. The normalized spacial score (nSPS) is 23.9. The number of hydrogen-bond acceptors (Lipinski definition) is 5. The number of carbonyl (C=O) groups excluding carboxylic acids is 1. The Kier molecular flexibility index (Phi) is 5.84. The predicted molar refractivity (Wildman–Crippen MR) is 116 cm³/mol. The summed E-state index contributed by atoms with van der Waals surface area (Å²) in [5.74, 6) is -6.14. The highest BCUT2D eigenvalue weighted by molar-refractivity contribution is 7.90. The van der Waals surface area contributed by atoms with E-state index in [4.69, 9.17) is 16.3 Å². The summed E-state index contributed by atoms with van der Waals surface area (Å²) in [6, 6.07) is 0.363. The largest absolute Gasteiger partial charge is 0.434 e. The van der Waals surface area contributed by atoms with E-state index in [9.17, 15) is 17.6 Å². The van der Waals surface area contributed by atoms with Crippen LogP contribution in [0, 0.1) is 11.6 Å². The number of fused-ring (bicyclic) bond motifs is 5. The summed E-state index contributed by atoms with van der Waals surface area (Å²) in [5, 5.41) is 1.29. The number of pyridine rings is 1. The first-order chi connectivity index (χ1) is 16.5. The minimum absolute atomic E-state index is 0.101. The van der Waals surface area contributed by atoms with Crippen LogP contribution in [0.1, 0.15) is 24.1 Å². The van der Waals surface area contributed by atoms with Gasteiger partial charge in [-0.25, -0.2) is 40.5 Å². The molecule has 14 heteroatoms. The number of carbonyl (C=O) groups is 1. The molecular weight excluding hydrogens is 516 g/mol. The van der Waals surface area contributed by atoms with Crippen LogP contribution in [0.3, 0.4) is 0 Å². The maximum absolute atomic E-state index is 15.3. The van der Waals surface area contributed by atoms with Gasteiger partial charge in [0.15, 0.2) is 11.6 Å². The van der Waals surface area contributed by atoms with E-state index in [0.29, 0.717) is 12.8 Å². The number of benzene rings is 1. The van der Waals surface area contributed by atoms with Gasteiger partial charge in [-0.3, -0.25) is 0 Å². The highest BCUT2D eigenvalue weighted by Gasteiger charge is 2.58. The molecule has 3 aliphatic rings. The van der Waals surface area contributed by atoms with Gasteiger partial charge in [0.1, 0.15) is 16.9 Å². The van der Waals surface area contributed by atoms with Gasteiger partial charge in [0.2, 0.25) is 15.9 Å². The highest BCUT2D eigenvalue weighted by Crippen LogP contribution is 2.39. The molecule has 1 saturated carbocycles. The summed E-state index contributed by atoms with van der Waals surface area (Å²) in [6.45, 7) is -1.63. The Morgan fingerprint density at radius 2 is 2.00 bits per heavy atom. The van der Waals surface area contributed by atoms with E-state index >= 15 is 13.2 Å². The van der Waals surface area contributed by atoms with Crippen LogP contribution in [-0.2, 0) is 23.0 Å². The number of nitrogens with one attached hydrogen (secondary N) is 2. The van der Waals surface area contributed by atoms with E-state index in [1.165, 1.54) is 18.2 Å². The Morgan fingerprint density at radius 1 is 1.26 bits per heavy atom. The molecule has 35 heavy (non-hydrogen) atoms. The predicted octanol–water partition coefficient (Wildman–Crippen LogP) is 3.34. The van der Waals surface area contributed by atoms with Crippen molar-refractivity contribution < 1.29 is 35.5 Å². The van der Waals surface area contributed by atoms with Gasteiger partial charge in [-0.15, -0.1) is 0 Å². The van der Waals surface area contributed by atoms with E-state index in [1.54, 1.807) is 0 Å². The molecule has 2 N–H and O–H groups in total. The number of ether oxygens (including phenoxy) is 1. The molecule has 2 aromatic rings. The van der Waals surface area contributed by atoms with E-state index in [-0.39, 0.29) is 27.9 Å². The van der Waals surface area contributed by atoms with Crippen molar-refractivity contribution in [2.45, 2.75) is 49.1 Å². The average Bonchev–Trinajstić information content (AvgIpc) is 3.60. The van der Waals surface area contributed by atoms with Crippen LogP contribution in [0.2, 0.25) is 5.02 Å². The number of sulfonamides is 1. The number of urea groups is 1. The van der Waals surface area contributed by atoms with Crippen LogP contribution in [-0.4, -0.2) is 54.1 Å². The maximum Gasteiger partial charge on any atom is 0.318 e. The summed E-state index contributed by atoms with van der Waals surface area (Å²) in [6.07, 6.45) is 0.239. The molecular formula is C21H19ClF4N4O4S. The fourth-order valence-electron chi connectivity index (χ4n) is 4.24. The molecule has 5 rings (SSSR count). The summed E-state index contributed by atoms with van der Waals surface area (Å²) in [5.41, 5.74) is -0.418. The second kappa shape index (κ2) is 8.49. The van der Waals surface area contributed by atoms with Gasteiger partial charge in [0, 0.05) is 0 Å². The van der Waals surface area contributed by atoms with Gasteiger partial charge in [0.05, 0.1) is 30.1 Å². The lowest BCUT2D eigenvalue weighted by Crippen LogP contribution is -2.53. The lowest BCUT2D eigenvalue weighted by molar-refractivity contribution is -0.00459. The van der Waals surface area contributed by atoms with Crippen LogP contribution in [0.4, 0.5) is 22.4 Å². The molecule has 1 saturated heterocycles. The monoisotopic (exact) mass is 534 g/mol. The molecule has 1 aromatic carbocycles. The molecule has 4 bridgehead atoms. The Bertz CT molecular complexity index is 1310. The van der Waals surface area contributed by atoms with E-state index in [2.05, 4.69) is 15.0 Å². The molecule has 2 amide bonds. The third-order valence-corrected chi connectivity index (χ3v) is 8.39. The summed E-state index contributed by atoms with van der Waals surface area (Å²) in [7, 11) is -4.07. The lowest BCUT2D eigenvalue weighted by atomic mass is 9.98. The number of alkyl halides is 2. The van der Waals surface area contributed by atoms with Crippen molar-refractivity contribution in [1.29, 1.82) is 0 Å². The van der Waals surface area contributed by atoms with Gasteiger partial charge in [0.25, 0.3) is 5.92 Å². The van der Waals surface area contributed by atoms with Gasteiger partial charge >= 0.3 is 6.03 Å². The minimum Gasteiger partial charge on any atom is -0.434 e. The first kappa shape index (κ1) is 24.1. The Hall–Kier alpha value is -2.64. The second-order valence-corrected chi connectivity index (χ2v) is 11.1. The fraction of sp³-hybridized carbons (Fsp3) is 0.429. The number of amides is 2. The van der Waals surface area contributed by atoms with Gasteiger partial charge in [-0.1, -0.05) is 23.7 Å². The van der Waals surface area contributed by atoms with Crippen LogP contribution in [0.15, 0.2) is 24.3 Å². The zero-order valence-electron chi connectivity index (χ0n) is 17.9. The number of halogens is 5. The molecule has 8 nitrogen and oxygen atoms in total. The van der Waals surface area contributed by atoms with Crippen molar-refractivity contribution >= 4 is 27.7 Å². The molecule has 0 unspecified atom stereocenters. The molecule has 1 aliphatic carbocycles. The van der Waals surface area contributed by atoms with Gasteiger partial charge in [-0.2, -0.15) is 0 Å². The molecule has 2 aliphatic heterocycles. The zero-order chi connectivity index (χ0) is 25.1. The highest BCUT2D eigenvalue weighted by atomic mass is 35.5. The first-order valence-electron chi connectivity index (χ1n) is 10.7. The summed E-state index contributed by atoms with van der Waals surface area (Å²) in [4.78, 5) is 17.6. The van der Waals surface area contributed by atoms with Crippen molar-refractivity contribution in [2.75, 3.05) is 6.54 Å². The minimum atomic E-state index is -4.07. The number of aromatic nitrogens is 1. The number of rotatable bonds is 3. The van der Waals surface area contributed by atoms with Gasteiger partial charge in [-0.05, 0) is 37.0 Å².